The lowest BCUT2D eigenvalue weighted by Crippen LogP contribution is -2.46. The molecular weight excluding hydrogens is 379 g/mol. The Morgan fingerprint density at radius 2 is 1.57 bits per heavy atom. The maximum atomic E-state index is 13.1. The summed E-state index contributed by atoms with van der Waals surface area (Å²) in [5.74, 6) is -0.221. The van der Waals surface area contributed by atoms with E-state index in [0.29, 0.717) is 6.54 Å². The van der Waals surface area contributed by atoms with Crippen molar-refractivity contribution in [3.05, 3.63) is 81.5 Å². The molecule has 0 saturated carbocycles. The van der Waals surface area contributed by atoms with E-state index >= 15 is 0 Å². The third kappa shape index (κ3) is 3.57. The second kappa shape index (κ2) is 7.81. The van der Waals surface area contributed by atoms with E-state index in [2.05, 4.69) is 9.80 Å². The van der Waals surface area contributed by atoms with Crippen molar-refractivity contribution in [1.82, 2.24) is 14.3 Å². The average molecular weight is 401 g/mol. The first-order valence-corrected chi connectivity index (χ1v) is 9.67. The lowest BCUT2D eigenvalue weighted by Gasteiger charge is -2.36. The Kier molecular flexibility index (Phi) is 5.24. The zero-order valence-electron chi connectivity index (χ0n) is 15.7. The van der Waals surface area contributed by atoms with Gasteiger partial charge in [-0.25, -0.2) is 9.07 Å². The van der Waals surface area contributed by atoms with Crippen molar-refractivity contribution < 1.29 is 4.39 Å². The molecule has 0 spiro atoms. The van der Waals surface area contributed by atoms with Crippen LogP contribution < -0.4 is 10.5 Å². The van der Waals surface area contributed by atoms with E-state index < -0.39 is 0 Å². The maximum absolute atomic E-state index is 13.1. The van der Waals surface area contributed by atoms with Crippen molar-refractivity contribution in [3.8, 4) is 5.69 Å². The van der Waals surface area contributed by atoms with Gasteiger partial charge in [-0.2, -0.15) is 0 Å². The second-order valence-corrected chi connectivity index (χ2v) is 7.35. The summed E-state index contributed by atoms with van der Waals surface area (Å²) in [6.07, 6.45) is 0. The fourth-order valence-corrected chi connectivity index (χ4v) is 3.94. The number of aromatic nitrogens is 2. The Bertz CT molecular complexity index is 1010. The van der Waals surface area contributed by atoms with Gasteiger partial charge in [0.05, 0.1) is 11.4 Å². The number of rotatable bonds is 4. The van der Waals surface area contributed by atoms with Gasteiger partial charge in [-0.1, -0.05) is 29.8 Å². The molecule has 0 N–H and O–H groups in total. The molecule has 0 bridgehead atoms. The van der Waals surface area contributed by atoms with E-state index in [1.165, 1.54) is 12.1 Å². The van der Waals surface area contributed by atoms with Crippen LogP contribution >= 0.6 is 11.6 Å². The van der Waals surface area contributed by atoms with Gasteiger partial charge in [0, 0.05) is 45.5 Å². The molecule has 7 heteroatoms. The van der Waals surface area contributed by atoms with Gasteiger partial charge in [0.15, 0.2) is 0 Å². The van der Waals surface area contributed by atoms with Crippen molar-refractivity contribution >= 4 is 17.3 Å². The quantitative estimate of drug-likeness (QED) is 0.673. The highest BCUT2D eigenvalue weighted by Gasteiger charge is 2.22. The number of hydrogen-bond acceptors (Lipinski definition) is 3. The normalized spacial score (nSPS) is 15.2. The van der Waals surface area contributed by atoms with Gasteiger partial charge < -0.3 is 4.90 Å². The standard InChI is InChI=1S/C21H22ClFN4O/c1-24-19(20(22)21(28)27(24)18-5-3-2-4-6-18)15-25-11-13-26(14-12-25)17-9-7-16(23)8-10-17/h2-10H,11-15H2,1H3. The van der Waals surface area contributed by atoms with E-state index in [4.69, 9.17) is 11.6 Å². The van der Waals surface area contributed by atoms with E-state index in [-0.39, 0.29) is 16.4 Å². The molecule has 0 atom stereocenters. The van der Waals surface area contributed by atoms with Crippen molar-refractivity contribution in [2.45, 2.75) is 6.54 Å². The molecule has 1 fully saturated rings. The molecule has 1 aliphatic heterocycles. The summed E-state index contributed by atoms with van der Waals surface area (Å²) in [6.45, 7) is 3.99. The van der Waals surface area contributed by atoms with Crippen LogP contribution in [0.5, 0.6) is 0 Å². The first-order valence-electron chi connectivity index (χ1n) is 9.29. The minimum Gasteiger partial charge on any atom is -0.369 e. The van der Waals surface area contributed by atoms with Crippen LogP contribution in [0.2, 0.25) is 5.02 Å². The van der Waals surface area contributed by atoms with Gasteiger partial charge in [0.25, 0.3) is 5.56 Å². The highest BCUT2D eigenvalue weighted by molar-refractivity contribution is 6.31. The van der Waals surface area contributed by atoms with E-state index in [1.54, 1.807) is 4.68 Å². The second-order valence-electron chi connectivity index (χ2n) is 6.98. The van der Waals surface area contributed by atoms with Gasteiger partial charge >= 0.3 is 0 Å². The predicted molar refractivity (Wildman–Crippen MR) is 110 cm³/mol. The first-order chi connectivity index (χ1) is 13.5. The molecular formula is C21H22ClFN4O. The van der Waals surface area contributed by atoms with Crippen LogP contribution in [0.3, 0.4) is 0 Å². The number of benzene rings is 2. The number of nitrogens with zero attached hydrogens (tertiary/aromatic N) is 4. The monoisotopic (exact) mass is 400 g/mol. The number of anilines is 1. The van der Waals surface area contributed by atoms with Crippen LogP contribution in [0.25, 0.3) is 5.69 Å². The van der Waals surface area contributed by atoms with Crippen LogP contribution in [-0.2, 0) is 13.6 Å². The number of piperazine rings is 1. The summed E-state index contributed by atoms with van der Waals surface area (Å²) in [5.41, 5.74) is 2.44. The molecule has 28 heavy (non-hydrogen) atoms. The lowest BCUT2D eigenvalue weighted by molar-refractivity contribution is 0.243. The van der Waals surface area contributed by atoms with Gasteiger partial charge in [-0.15, -0.1) is 0 Å². The fraction of sp³-hybridized carbons (Fsp3) is 0.286. The predicted octanol–water partition coefficient (Wildman–Crippen LogP) is 3.29. The summed E-state index contributed by atoms with van der Waals surface area (Å²) >= 11 is 6.40. The fourth-order valence-electron chi connectivity index (χ4n) is 3.67. The van der Waals surface area contributed by atoms with Crippen molar-refractivity contribution in [2.24, 2.45) is 7.05 Å². The highest BCUT2D eigenvalue weighted by Crippen LogP contribution is 2.20. The Morgan fingerprint density at radius 3 is 2.21 bits per heavy atom. The summed E-state index contributed by atoms with van der Waals surface area (Å²) in [7, 11) is 1.87. The van der Waals surface area contributed by atoms with Gasteiger partial charge in [-0.05, 0) is 36.4 Å². The Labute approximate surface area is 168 Å². The van der Waals surface area contributed by atoms with Crippen molar-refractivity contribution in [2.75, 3.05) is 31.1 Å². The van der Waals surface area contributed by atoms with Crippen molar-refractivity contribution in [3.63, 3.8) is 0 Å². The van der Waals surface area contributed by atoms with Gasteiger partial charge in [0.1, 0.15) is 10.8 Å². The Morgan fingerprint density at radius 1 is 0.929 bits per heavy atom. The first kappa shape index (κ1) is 18.8. The molecule has 3 aromatic rings. The molecule has 5 nitrogen and oxygen atoms in total. The SMILES string of the molecule is Cn1c(CN2CCN(c3ccc(F)cc3)CC2)c(Cl)c(=O)n1-c1ccccc1. The number of para-hydroxylation sites is 1. The molecule has 0 unspecified atom stereocenters. The molecule has 4 rings (SSSR count). The molecule has 0 amide bonds. The molecule has 2 heterocycles. The van der Waals surface area contributed by atoms with Crippen LogP contribution in [0.1, 0.15) is 5.69 Å². The third-order valence-corrected chi connectivity index (χ3v) is 5.64. The average Bonchev–Trinajstić information content (AvgIpc) is 2.93. The summed E-state index contributed by atoms with van der Waals surface area (Å²) in [4.78, 5) is 17.2. The molecule has 1 saturated heterocycles. The zero-order chi connectivity index (χ0) is 19.7. The van der Waals surface area contributed by atoms with Crippen LogP contribution in [-0.4, -0.2) is 40.4 Å². The van der Waals surface area contributed by atoms with E-state index in [0.717, 1.165) is 43.2 Å². The topological polar surface area (TPSA) is 33.4 Å². The largest absolute Gasteiger partial charge is 0.369 e. The van der Waals surface area contributed by atoms with Crippen LogP contribution in [0.15, 0.2) is 59.4 Å². The number of halogens is 2. The van der Waals surface area contributed by atoms with Crippen LogP contribution in [0.4, 0.5) is 10.1 Å². The summed E-state index contributed by atoms with van der Waals surface area (Å²) in [5, 5.41) is 0.271. The highest BCUT2D eigenvalue weighted by atomic mass is 35.5. The molecule has 1 aliphatic rings. The van der Waals surface area contributed by atoms with Gasteiger partial charge in [0.2, 0.25) is 0 Å². The zero-order valence-corrected chi connectivity index (χ0v) is 16.4. The molecule has 0 aliphatic carbocycles. The summed E-state index contributed by atoms with van der Waals surface area (Å²) < 4.78 is 16.6. The lowest BCUT2D eigenvalue weighted by atomic mass is 10.2. The molecule has 2 aromatic carbocycles. The van der Waals surface area contributed by atoms with Crippen molar-refractivity contribution in [1.29, 1.82) is 0 Å². The third-order valence-electron chi connectivity index (χ3n) is 5.26. The number of hydrogen-bond donors (Lipinski definition) is 0. The van der Waals surface area contributed by atoms with Crippen LogP contribution in [0, 0.1) is 5.82 Å². The smallest absolute Gasteiger partial charge is 0.290 e. The minimum absolute atomic E-state index is 0.199. The Balaban J connectivity index is 1.49. The van der Waals surface area contributed by atoms with Gasteiger partial charge in [-0.3, -0.25) is 14.4 Å². The van der Waals surface area contributed by atoms with E-state index in [1.807, 2.05) is 54.2 Å². The van der Waals surface area contributed by atoms with E-state index in [9.17, 15) is 9.18 Å². The molecule has 146 valence electrons. The molecule has 0 radical (unpaired) electrons. The summed E-state index contributed by atoms with van der Waals surface area (Å²) in [6, 6.07) is 16.1. The maximum Gasteiger partial charge on any atom is 0.290 e. The Hall–Kier alpha value is -2.57. The molecule has 1 aromatic heterocycles. The minimum atomic E-state index is -0.221.